The first-order valence-corrected chi connectivity index (χ1v) is 14.9. The number of nitrogens with one attached hydrogen (secondary N) is 2. The maximum absolute atomic E-state index is 6.35. The quantitative estimate of drug-likeness (QED) is 0.411. The number of aromatic nitrogens is 2. The maximum Gasteiger partial charge on any atom is 0.232 e. The molecule has 2 saturated heterocycles. The van der Waals surface area contributed by atoms with Crippen LogP contribution in [-0.4, -0.2) is 47.8 Å². The smallest absolute Gasteiger partial charge is 0.232 e. The van der Waals surface area contributed by atoms with Crippen molar-refractivity contribution in [3.8, 4) is 0 Å². The fourth-order valence-corrected chi connectivity index (χ4v) is 6.78. The van der Waals surface area contributed by atoms with Crippen molar-refractivity contribution in [2.75, 3.05) is 47.8 Å². The molecule has 0 amide bonds. The van der Waals surface area contributed by atoms with Gasteiger partial charge in [0.1, 0.15) is 11.6 Å². The predicted octanol–water partition coefficient (Wildman–Crippen LogP) is 6.40. The van der Waals surface area contributed by atoms with Crippen molar-refractivity contribution in [2.45, 2.75) is 70.6 Å². The summed E-state index contributed by atoms with van der Waals surface area (Å²) in [7, 11) is 0. The van der Waals surface area contributed by atoms with Gasteiger partial charge in [-0.1, -0.05) is 50.4 Å². The van der Waals surface area contributed by atoms with Crippen LogP contribution in [0.15, 0.2) is 30.3 Å². The molecule has 8 heteroatoms. The molecule has 2 N–H and O–H groups in total. The van der Waals surface area contributed by atoms with Crippen molar-refractivity contribution < 1.29 is 0 Å². The monoisotopic (exact) mass is 540 g/mol. The van der Waals surface area contributed by atoms with Gasteiger partial charge in [0.05, 0.1) is 0 Å². The first kappa shape index (κ1) is 26.5. The van der Waals surface area contributed by atoms with Gasteiger partial charge in [0, 0.05) is 49.2 Å². The van der Waals surface area contributed by atoms with Crippen LogP contribution in [-0.2, 0) is 5.41 Å². The van der Waals surface area contributed by atoms with E-state index in [9.17, 15) is 0 Å². The first-order valence-electron chi connectivity index (χ1n) is 14.1. The van der Waals surface area contributed by atoms with Crippen LogP contribution in [0.5, 0.6) is 0 Å². The summed E-state index contributed by atoms with van der Waals surface area (Å²) in [5.41, 5.74) is 1.35. The molecule has 3 fully saturated rings. The van der Waals surface area contributed by atoms with Crippen LogP contribution in [0.1, 0.15) is 70.8 Å². The third kappa shape index (κ3) is 6.48. The average molecular weight is 541 g/mol. The number of nitrogens with zero attached hydrogens (tertiary/aromatic N) is 4. The van der Waals surface area contributed by atoms with Gasteiger partial charge in [-0.15, -0.1) is 0 Å². The normalized spacial score (nSPS) is 23.6. The summed E-state index contributed by atoms with van der Waals surface area (Å²) < 4.78 is 0. The van der Waals surface area contributed by atoms with E-state index in [1.54, 1.807) is 0 Å². The number of hydrogen-bond acceptors (Lipinski definition) is 5. The molecule has 1 aliphatic carbocycles. The molecule has 0 unspecified atom stereocenters. The molecule has 2 aromatic rings. The minimum absolute atomic E-state index is 0.0540. The molecule has 0 radical (unpaired) electrons. The summed E-state index contributed by atoms with van der Waals surface area (Å²) in [6, 6.07) is 10.5. The van der Waals surface area contributed by atoms with Gasteiger partial charge >= 0.3 is 0 Å². The van der Waals surface area contributed by atoms with Gasteiger partial charge in [-0.2, -0.15) is 9.97 Å². The third-order valence-corrected chi connectivity index (χ3v) is 8.95. The lowest BCUT2D eigenvalue weighted by Gasteiger charge is -2.35. The molecule has 2 aliphatic heterocycles. The number of benzene rings is 1. The lowest BCUT2D eigenvalue weighted by molar-refractivity contribution is 0.435. The first-order chi connectivity index (χ1) is 17.9. The highest BCUT2D eigenvalue weighted by Crippen LogP contribution is 2.41. The molecule has 1 saturated carbocycles. The fraction of sp³-hybridized carbons (Fsp3) is 0.621. The molecule has 3 heterocycles. The lowest BCUT2D eigenvalue weighted by atomic mass is 9.79. The summed E-state index contributed by atoms with van der Waals surface area (Å²) >= 11 is 12.1. The van der Waals surface area contributed by atoms with Crippen LogP contribution >= 0.6 is 23.8 Å². The number of rotatable bonds is 6. The molecule has 1 aromatic carbocycles. The second-order valence-electron chi connectivity index (χ2n) is 11.6. The van der Waals surface area contributed by atoms with Crippen molar-refractivity contribution in [3.63, 3.8) is 0 Å². The number of hydrogen-bond donors (Lipinski definition) is 2. The van der Waals surface area contributed by atoms with E-state index in [1.807, 2.05) is 6.07 Å². The standard InChI is InChI=1S/C29H41ClN6S/c1-21-8-6-14-35(18-21)25-17-26(36-15-7-9-22(2)19-36)33-27(32-25)34-28(37)31-20-29(12-3-4-13-29)23-10-5-11-24(30)16-23/h5,10-11,16-17,21-22H,3-4,6-9,12-15,18-20H2,1-2H3,(H2,31,32,33,34,37)/t21-,22+. The average Bonchev–Trinajstić information content (AvgIpc) is 3.38. The van der Waals surface area contributed by atoms with Crippen LogP contribution in [0.4, 0.5) is 17.6 Å². The van der Waals surface area contributed by atoms with Crippen LogP contribution in [0.3, 0.4) is 0 Å². The highest BCUT2D eigenvalue weighted by molar-refractivity contribution is 7.80. The summed E-state index contributed by atoms with van der Waals surface area (Å²) in [6.07, 6.45) is 9.71. The lowest BCUT2D eigenvalue weighted by Crippen LogP contribution is -2.41. The molecule has 200 valence electrons. The zero-order valence-electron chi connectivity index (χ0n) is 22.3. The third-order valence-electron chi connectivity index (χ3n) is 8.47. The van der Waals surface area contributed by atoms with E-state index in [2.05, 4.69) is 58.5 Å². The molecule has 3 aliphatic rings. The van der Waals surface area contributed by atoms with Crippen molar-refractivity contribution >= 4 is 46.5 Å². The maximum atomic E-state index is 6.35. The van der Waals surface area contributed by atoms with Gasteiger partial charge in [-0.25, -0.2) is 0 Å². The molecule has 5 rings (SSSR count). The van der Waals surface area contributed by atoms with E-state index in [0.717, 1.165) is 62.2 Å². The molecular formula is C29H41ClN6S. The Morgan fingerprint density at radius 2 is 1.59 bits per heavy atom. The number of halogens is 1. The van der Waals surface area contributed by atoms with Crippen molar-refractivity contribution in [3.05, 3.63) is 40.9 Å². The molecule has 0 bridgehead atoms. The van der Waals surface area contributed by atoms with E-state index in [0.29, 0.717) is 22.9 Å². The van der Waals surface area contributed by atoms with Crippen LogP contribution in [0, 0.1) is 11.8 Å². The summed E-state index contributed by atoms with van der Waals surface area (Å²) in [5, 5.41) is 8.23. The van der Waals surface area contributed by atoms with E-state index < -0.39 is 0 Å². The Kier molecular flexibility index (Phi) is 8.40. The molecule has 6 nitrogen and oxygen atoms in total. The van der Waals surface area contributed by atoms with Gasteiger partial charge < -0.3 is 20.4 Å². The van der Waals surface area contributed by atoms with Crippen LogP contribution < -0.4 is 20.4 Å². The number of anilines is 3. The van der Waals surface area contributed by atoms with E-state index >= 15 is 0 Å². The van der Waals surface area contributed by atoms with Crippen LogP contribution in [0.2, 0.25) is 5.02 Å². The summed E-state index contributed by atoms with van der Waals surface area (Å²) in [4.78, 5) is 14.7. The molecule has 0 spiro atoms. The van der Waals surface area contributed by atoms with Gasteiger partial charge in [0.2, 0.25) is 5.95 Å². The van der Waals surface area contributed by atoms with E-state index in [1.165, 1.54) is 44.1 Å². The van der Waals surface area contributed by atoms with Gasteiger partial charge in [-0.05, 0) is 80.3 Å². The second kappa shape index (κ2) is 11.7. The molecule has 37 heavy (non-hydrogen) atoms. The SMILES string of the molecule is C[C@@H]1CCCN(c2cc(N3CCC[C@H](C)C3)nc(NC(=S)NCC3(c4cccc(Cl)c4)CCCC3)n2)C1. The Labute approximate surface area is 232 Å². The number of thiocarbonyl (C=S) groups is 1. The Morgan fingerprint density at radius 1 is 0.973 bits per heavy atom. The van der Waals surface area contributed by atoms with Gasteiger partial charge in [0.15, 0.2) is 5.11 Å². The zero-order valence-corrected chi connectivity index (χ0v) is 23.9. The van der Waals surface area contributed by atoms with Crippen molar-refractivity contribution in [1.82, 2.24) is 15.3 Å². The minimum Gasteiger partial charge on any atom is -0.361 e. The number of piperidine rings is 2. The predicted molar refractivity (Wildman–Crippen MR) is 159 cm³/mol. The van der Waals surface area contributed by atoms with E-state index in [4.69, 9.17) is 33.8 Å². The van der Waals surface area contributed by atoms with Crippen LogP contribution in [0.25, 0.3) is 0 Å². The highest BCUT2D eigenvalue weighted by atomic mass is 35.5. The Morgan fingerprint density at radius 3 is 2.16 bits per heavy atom. The van der Waals surface area contributed by atoms with Gasteiger partial charge in [0.25, 0.3) is 0 Å². The summed E-state index contributed by atoms with van der Waals surface area (Å²) in [6.45, 7) is 9.60. The fourth-order valence-electron chi connectivity index (χ4n) is 6.43. The molecular weight excluding hydrogens is 500 g/mol. The largest absolute Gasteiger partial charge is 0.361 e. The van der Waals surface area contributed by atoms with Crippen molar-refractivity contribution in [2.24, 2.45) is 11.8 Å². The Balaban J connectivity index is 1.33. The minimum atomic E-state index is 0.0540. The molecule has 2 atom stereocenters. The summed E-state index contributed by atoms with van der Waals surface area (Å²) in [5.74, 6) is 3.95. The Hall–Kier alpha value is -2.12. The van der Waals surface area contributed by atoms with Crippen molar-refractivity contribution in [1.29, 1.82) is 0 Å². The Bertz CT molecular complexity index is 1050. The second-order valence-corrected chi connectivity index (χ2v) is 12.4. The molecule has 1 aromatic heterocycles. The van der Waals surface area contributed by atoms with Gasteiger partial charge in [-0.3, -0.25) is 0 Å². The topological polar surface area (TPSA) is 56.3 Å². The highest BCUT2D eigenvalue weighted by Gasteiger charge is 2.36. The van der Waals surface area contributed by atoms with E-state index in [-0.39, 0.29) is 5.41 Å². The zero-order chi connectivity index (χ0) is 25.8.